The van der Waals surface area contributed by atoms with Crippen molar-refractivity contribution in [3.05, 3.63) is 0 Å². The van der Waals surface area contributed by atoms with Crippen LogP contribution < -0.4 is 0 Å². The van der Waals surface area contributed by atoms with Gasteiger partial charge >= 0.3 is 0 Å². The first kappa shape index (κ1) is 21.9. The smallest absolute Gasteiger partial charge is 0.0950 e. The molecule has 0 aliphatic rings. The molecule has 1 heteroatoms. The van der Waals surface area contributed by atoms with Gasteiger partial charge in [-0.3, -0.25) is 4.39 Å². The molecule has 0 aromatic heterocycles. The zero-order valence-electron chi connectivity index (χ0n) is 16.4. The Morgan fingerprint density at radius 3 is 1.91 bits per heavy atom. The zero-order valence-corrected chi connectivity index (χ0v) is 16.4. The third-order valence-corrected chi connectivity index (χ3v) is 5.99. The highest BCUT2D eigenvalue weighted by molar-refractivity contribution is 4.79. The molecule has 0 heterocycles. The van der Waals surface area contributed by atoms with Gasteiger partial charge < -0.3 is 0 Å². The van der Waals surface area contributed by atoms with Gasteiger partial charge in [-0.1, -0.05) is 99.3 Å². The predicted octanol–water partition coefficient (Wildman–Crippen LogP) is 7.81. The molecule has 0 saturated heterocycles. The summed E-state index contributed by atoms with van der Waals surface area (Å²) in [5.74, 6) is 2.29. The molecule has 0 nitrogen and oxygen atoms in total. The topological polar surface area (TPSA) is 0 Å². The maximum atomic E-state index is 13.4. The molecule has 4 atom stereocenters. The average molecular weight is 315 g/mol. The van der Waals surface area contributed by atoms with Crippen LogP contribution in [0.25, 0.3) is 0 Å². The minimum Gasteiger partial charge on any atom is -0.250 e. The largest absolute Gasteiger partial charge is 0.250 e. The van der Waals surface area contributed by atoms with Crippen molar-refractivity contribution in [1.82, 2.24) is 0 Å². The molecule has 0 aliphatic heterocycles. The third-order valence-electron chi connectivity index (χ3n) is 5.99. The fourth-order valence-electron chi connectivity index (χ4n) is 4.00. The standard InChI is InChI=1S/C21H43F/c1-7-12-18(4)20(13-8-2)15-11-10-14-19(5)21(6,17-22)16-9-3/h18-20H,7-17H2,1-6H3. The van der Waals surface area contributed by atoms with E-state index in [2.05, 4.69) is 41.5 Å². The molecule has 0 bridgehead atoms. The van der Waals surface area contributed by atoms with Gasteiger partial charge in [0, 0.05) is 0 Å². The lowest BCUT2D eigenvalue weighted by atomic mass is 9.73. The summed E-state index contributed by atoms with van der Waals surface area (Å²) in [6.45, 7) is 13.5. The molecule has 0 saturated carbocycles. The van der Waals surface area contributed by atoms with Crippen molar-refractivity contribution in [1.29, 1.82) is 0 Å². The Morgan fingerprint density at radius 1 is 0.818 bits per heavy atom. The van der Waals surface area contributed by atoms with Crippen LogP contribution in [0.15, 0.2) is 0 Å². The van der Waals surface area contributed by atoms with E-state index in [0.717, 1.165) is 24.7 Å². The fraction of sp³-hybridized carbons (Fsp3) is 1.00. The highest BCUT2D eigenvalue weighted by Gasteiger charge is 2.29. The Labute approximate surface area is 140 Å². The normalized spacial score (nSPS) is 18.7. The lowest BCUT2D eigenvalue weighted by Crippen LogP contribution is -2.27. The van der Waals surface area contributed by atoms with E-state index in [9.17, 15) is 4.39 Å². The molecule has 0 aliphatic carbocycles. The second-order valence-electron chi connectivity index (χ2n) is 8.04. The van der Waals surface area contributed by atoms with Crippen LogP contribution in [0.3, 0.4) is 0 Å². The van der Waals surface area contributed by atoms with Crippen molar-refractivity contribution in [3.63, 3.8) is 0 Å². The second-order valence-corrected chi connectivity index (χ2v) is 8.04. The minimum atomic E-state index is -0.159. The Kier molecular flexibility index (Phi) is 12.3. The Bertz CT molecular complexity index is 246. The van der Waals surface area contributed by atoms with E-state index in [1.165, 1.54) is 51.4 Å². The van der Waals surface area contributed by atoms with Crippen molar-refractivity contribution in [2.75, 3.05) is 6.67 Å². The van der Waals surface area contributed by atoms with E-state index in [1.54, 1.807) is 0 Å². The van der Waals surface area contributed by atoms with Gasteiger partial charge in [0.2, 0.25) is 0 Å². The zero-order chi connectivity index (χ0) is 17.0. The highest BCUT2D eigenvalue weighted by Crippen LogP contribution is 2.36. The highest BCUT2D eigenvalue weighted by atomic mass is 19.1. The van der Waals surface area contributed by atoms with E-state index in [4.69, 9.17) is 0 Å². The summed E-state index contributed by atoms with van der Waals surface area (Å²) in [4.78, 5) is 0. The summed E-state index contributed by atoms with van der Waals surface area (Å²) >= 11 is 0. The van der Waals surface area contributed by atoms with Gasteiger partial charge in [-0.15, -0.1) is 0 Å². The van der Waals surface area contributed by atoms with Crippen LogP contribution in [0.2, 0.25) is 0 Å². The minimum absolute atomic E-state index is 0.0902. The van der Waals surface area contributed by atoms with Gasteiger partial charge in [-0.2, -0.15) is 0 Å². The molecule has 0 amide bonds. The fourth-order valence-corrected chi connectivity index (χ4v) is 4.00. The Balaban J connectivity index is 4.16. The second kappa shape index (κ2) is 12.4. The summed E-state index contributed by atoms with van der Waals surface area (Å²) in [7, 11) is 0. The quantitative estimate of drug-likeness (QED) is 0.287. The summed E-state index contributed by atoms with van der Waals surface area (Å²) in [5.41, 5.74) is -0.0902. The van der Waals surface area contributed by atoms with Crippen LogP contribution in [-0.2, 0) is 0 Å². The van der Waals surface area contributed by atoms with Gasteiger partial charge in [0.15, 0.2) is 0 Å². The monoisotopic (exact) mass is 314 g/mol. The van der Waals surface area contributed by atoms with Gasteiger partial charge in [0.05, 0.1) is 6.67 Å². The average Bonchev–Trinajstić information content (AvgIpc) is 2.50. The molecule has 0 aromatic carbocycles. The van der Waals surface area contributed by atoms with Crippen molar-refractivity contribution >= 4 is 0 Å². The van der Waals surface area contributed by atoms with Gasteiger partial charge in [-0.05, 0) is 29.6 Å². The van der Waals surface area contributed by atoms with Gasteiger partial charge in [-0.25, -0.2) is 0 Å². The molecule has 4 unspecified atom stereocenters. The number of alkyl halides is 1. The molecule has 0 spiro atoms. The summed E-state index contributed by atoms with van der Waals surface area (Å²) in [6.07, 6.45) is 12.7. The number of unbranched alkanes of at least 4 members (excludes halogenated alkanes) is 1. The van der Waals surface area contributed by atoms with Gasteiger partial charge in [0.1, 0.15) is 0 Å². The van der Waals surface area contributed by atoms with Crippen LogP contribution in [0.5, 0.6) is 0 Å². The first-order valence-corrected chi connectivity index (χ1v) is 10.0. The lowest BCUT2D eigenvalue weighted by Gasteiger charge is -2.33. The SMILES string of the molecule is CCCC(C)C(CCC)CCCCC(C)C(C)(CF)CCC. The van der Waals surface area contributed by atoms with Crippen LogP contribution in [0, 0.1) is 23.2 Å². The number of halogens is 1. The molecule has 0 fully saturated rings. The summed E-state index contributed by atoms with van der Waals surface area (Å²) in [6, 6.07) is 0. The van der Waals surface area contributed by atoms with Crippen LogP contribution in [0.1, 0.15) is 106 Å². The van der Waals surface area contributed by atoms with Gasteiger partial charge in [0.25, 0.3) is 0 Å². The van der Waals surface area contributed by atoms with Crippen LogP contribution >= 0.6 is 0 Å². The third kappa shape index (κ3) is 7.97. The van der Waals surface area contributed by atoms with Crippen molar-refractivity contribution in [2.24, 2.45) is 23.2 Å². The molecule has 22 heavy (non-hydrogen) atoms. The maximum absolute atomic E-state index is 13.4. The van der Waals surface area contributed by atoms with Crippen molar-refractivity contribution in [3.8, 4) is 0 Å². The molecule has 0 aromatic rings. The van der Waals surface area contributed by atoms with Crippen molar-refractivity contribution in [2.45, 2.75) is 106 Å². The lowest BCUT2D eigenvalue weighted by molar-refractivity contribution is 0.121. The molecule has 134 valence electrons. The first-order valence-electron chi connectivity index (χ1n) is 10.0. The van der Waals surface area contributed by atoms with Crippen LogP contribution in [0.4, 0.5) is 4.39 Å². The van der Waals surface area contributed by atoms with E-state index in [0.29, 0.717) is 5.92 Å². The summed E-state index contributed by atoms with van der Waals surface area (Å²) in [5, 5.41) is 0. The molecule has 0 rings (SSSR count). The Morgan fingerprint density at radius 2 is 1.41 bits per heavy atom. The van der Waals surface area contributed by atoms with Crippen LogP contribution in [-0.4, -0.2) is 6.67 Å². The Hall–Kier alpha value is -0.0700. The predicted molar refractivity (Wildman–Crippen MR) is 99.1 cm³/mol. The molecule has 0 radical (unpaired) electrons. The number of rotatable bonds is 14. The number of hydrogen-bond donors (Lipinski definition) is 0. The van der Waals surface area contributed by atoms with E-state index in [-0.39, 0.29) is 12.1 Å². The molecular formula is C21H43F. The molecule has 0 N–H and O–H groups in total. The maximum Gasteiger partial charge on any atom is 0.0950 e. The first-order chi connectivity index (χ1) is 10.4. The summed E-state index contributed by atoms with van der Waals surface area (Å²) < 4.78 is 13.4. The number of hydrogen-bond acceptors (Lipinski definition) is 0. The van der Waals surface area contributed by atoms with E-state index < -0.39 is 0 Å². The van der Waals surface area contributed by atoms with Crippen molar-refractivity contribution < 1.29 is 4.39 Å². The molecular weight excluding hydrogens is 271 g/mol. The van der Waals surface area contributed by atoms with E-state index in [1.807, 2.05) is 0 Å². The van der Waals surface area contributed by atoms with E-state index >= 15 is 0 Å².